The molecule has 0 amide bonds. The first-order valence-electron chi connectivity index (χ1n) is 9.72. The van der Waals surface area contributed by atoms with Crippen LogP contribution in [-0.4, -0.2) is 31.5 Å². The molecular formula is C22H23F4NO2. The van der Waals surface area contributed by atoms with Gasteiger partial charge in [-0.15, -0.1) is 13.2 Å². The van der Waals surface area contributed by atoms with Crippen LogP contribution in [0.15, 0.2) is 42.5 Å². The predicted octanol–water partition coefficient (Wildman–Crippen LogP) is 5.04. The molecule has 2 unspecified atom stereocenters. The lowest BCUT2D eigenvalue weighted by Crippen LogP contribution is -2.24. The molecule has 2 fully saturated rings. The molecule has 1 saturated heterocycles. The molecule has 2 aromatic rings. The highest BCUT2D eigenvalue weighted by molar-refractivity contribution is 5.30. The number of nitrogens with zero attached hydrogens (tertiary/aromatic N) is 1. The van der Waals surface area contributed by atoms with Crippen LogP contribution in [-0.2, 0) is 13.0 Å². The molecule has 1 heterocycles. The van der Waals surface area contributed by atoms with E-state index >= 15 is 0 Å². The van der Waals surface area contributed by atoms with Crippen LogP contribution in [0.25, 0.3) is 0 Å². The van der Waals surface area contributed by atoms with Crippen molar-refractivity contribution in [2.75, 3.05) is 20.2 Å². The van der Waals surface area contributed by atoms with Crippen molar-refractivity contribution in [1.82, 2.24) is 4.90 Å². The van der Waals surface area contributed by atoms with Gasteiger partial charge < -0.3 is 9.47 Å². The number of ether oxygens (including phenoxy) is 2. The van der Waals surface area contributed by atoms with Crippen molar-refractivity contribution in [3.8, 4) is 11.5 Å². The fourth-order valence-corrected chi connectivity index (χ4v) is 4.55. The molecule has 29 heavy (non-hydrogen) atoms. The molecule has 0 aromatic heterocycles. The van der Waals surface area contributed by atoms with E-state index in [2.05, 4.69) is 9.64 Å². The summed E-state index contributed by atoms with van der Waals surface area (Å²) < 4.78 is 60.2. The summed E-state index contributed by atoms with van der Waals surface area (Å²) >= 11 is 0. The summed E-state index contributed by atoms with van der Waals surface area (Å²) in [7, 11) is 1.52. The largest absolute Gasteiger partial charge is 0.573 e. The number of rotatable bonds is 7. The summed E-state index contributed by atoms with van der Waals surface area (Å²) in [5.41, 5.74) is 1.53. The third-order valence-corrected chi connectivity index (χ3v) is 6.00. The first-order chi connectivity index (χ1) is 13.8. The Kier molecular flexibility index (Phi) is 5.42. The smallest absolute Gasteiger partial charge is 0.497 e. The van der Waals surface area contributed by atoms with Crippen molar-refractivity contribution >= 4 is 0 Å². The van der Waals surface area contributed by atoms with Crippen LogP contribution in [0.2, 0.25) is 0 Å². The van der Waals surface area contributed by atoms with E-state index in [0.717, 1.165) is 31.5 Å². The first-order valence-corrected chi connectivity index (χ1v) is 9.72. The monoisotopic (exact) mass is 409 g/mol. The molecule has 4 rings (SSSR count). The number of halogens is 4. The average molecular weight is 409 g/mol. The second-order valence-corrected chi connectivity index (χ2v) is 7.88. The molecule has 0 spiro atoms. The SMILES string of the molecule is COc1ccc(CN2CC3C(CCc4cccc(OC(F)(F)F)c4)C3C2)c(F)c1. The highest BCUT2D eigenvalue weighted by atomic mass is 19.4. The van der Waals surface area contributed by atoms with Gasteiger partial charge in [-0.25, -0.2) is 4.39 Å². The van der Waals surface area contributed by atoms with Crippen LogP contribution in [0.3, 0.4) is 0 Å². The number of likely N-dealkylation sites (tertiary alicyclic amines) is 1. The van der Waals surface area contributed by atoms with Crippen LogP contribution >= 0.6 is 0 Å². The number of piperidine rings is 1. The minimum atomic E-state index is -4.67. The summed E-state index contributed by atoms with van der Waals surface area (Å²) in [6, 6.07) is 11.2. The minimum absolute atomic E-state index is 0.168. The summed E-state index contributed by atoms with van der Waals surface area (Å²) in [6.45, 7) is 2.47. The summed E-state index contributed by atoms with van der Waals surface area (Å²) in [5.74, 6) is 1.90. The van der Waals surface area contributed by atoms with Gasteiger partial charge in [-0.05, 0) is 54.4 Å². The molecule has 7 heteroatoms. The topological polar surface area (TPSA) is 21.7 Å². The average Bonchev–Trinajstić information content (AvgIpc) is 3.11. The van der Waals surface area contributed by atoms with Crippen molar-refractivity contribution in [1.29, 1.82) is 0 Å². The number of aryl methyl sites for hydroxylation is 1. The van der Waals surface area contributed by atoms with E-state index in [0.29, 0.717) is 35.6 Å². The molecule has 156 valence electrons. The number of methoxy groups -OCH3 is 1. The third kappa shape index (κ3) is 4.83. The lowest BCUT2D eigenvalue weighted by Gasteiger charge is -2.20. The molecule has 0 N–H and O–H groups in total. The van der Waals surface area contributed by atoms with Gasteiger partial charge in [-0.3, -0.25) is 4.90 Å². The highest BCUT2D eigenvalue weighted by Gasteiger charge is 2.54. The second kappa shape index (κ2) is 7.86. The Morgan fingerprint density at radius 2 is 1.79 bits per heavy atom. The zero-order chi connectivity index (χ0) is 20.6. The first kappa shape index (κ1) is 20.0. The van der Waals surface area contributed by atoms with Crippen molar-refractivity contribution in [3.05, 3.63) is 59.4 Å². The van der Waals surface area contributed by atoms with E-state index in [1.54, 1.807) is 18.2 Å². The van der Waals surface area contributed by atoms with E-state index in [-0.39, 0.29) is 11.6 Å². The molecule has 2 atom stereocenters. The zero-order valence-electron chi connectivity index (χ0n) is 16.1. The standard InChI is InChI=1S/C22H23F4NO2/c1-28-16-7-6-15(21(23)10-16)11-27-12-19-18(20(19)13-27)8-5-14-3-2-4-17(9-14)29-22(24,25)26/h2-4,6-7,9-10,18-20H,5,8,11-13H2,1H3. The van der Waals surface area contributed by atoms with Crippen molar-refractivity contribution in [3.63, 3.8) is 0 Å². The maximum atomic E-state index is 14.1. The molecule has 1 aliphatic heterocycles. The molecule has 2 aromatic carbocycles. The van der Waals surface area contributed by atoms with Crippen molar-refractivity contribution < 1.29 is 27.0 Å². The quantitative estimate of drug-likeness (QED) is 0.598. The minimum Gasteiger partial charge on any atom is -0.497 e. The van der Waals surface area contributed by atoms with E-state index in [1.807, 2.05) is 6.07 Å². The summed E-state index contributed by atoms with van der Waals surface area (Å²) in [5, 5.41) is 0. The fourth-order valence-electron chi connectivity index (χ4n) is 4.55. The lowest BCUT2D eigenvalue weighted by molar-refractivity contribution is -0.274. The molecule has 0 bridgehead atoms. The van der Waals surface area contributed by atoms with Crippen LogP contribution < -0.4 is 9.47 Å². The molecule has 3 nitrogen and oxygen atoms in total. The molecule has 1 saturated carbocycles. The van der Waals surface area contributed by atoms with Crippen LogP contribution in [0.5, 0.6) is 11.5 Å². The van der Waals surface area contributed by atoms with Crippen LogP contribution in [0.4, 0.5) is 17.6 Å². The van der Waals surface area contributed by atoms with Gasteiger partial charge in [-0.1, -0.05) is 18.2 Å². The maximum absolute atomic E-state index is 14.1. The molecular weight excluding hydrogens is 386 g/mol. The van der Waals surface area contributed by atoms with Gasteiger partial charge in [0.05, 0.1) is 7.11 Å². The van der Waals surface area contributed by atoms with Gasteiger partial charge >= 0.3 is 6.36 Å². The number of alkyl halides is 3. The molecule has 0 radical (unpaired) electrons. The Bertz CT molecular complexity index is 858. The zero-order valence-corrected chi connectivity index (χ0v) is 16.1. The number of hydrogen-bond acceptors (Lipinski definition) is 3. The van der Waals surface area contributed by atoms with Gasteiger partial charge in [0.15, 0.2) is 0 Å². The number of hydrogen-bond donors (Lipinski definition) is 0. The van der Waals surface area contributed by atoms with Gasteiger partial charge in [0.1, 0.15) is 17.3 Å². The Morgan fingerprint density at radius 3 is 2.45 bits per heavy atom. The molecule has 1 aliphatic carbocycles. The second-order valence-electron chi connectivity index (χ2n) is 7.88. The predicted molar refractivity (Wildman–Crippen MR) is 100 cm³/mol. The normalized spacial score (nSPS) is 23.7. The van der Waals surface area contributed by atoms with Crippen molar-refractivity contribution in [2.45, 2.75) is 25.7 Å². The highest BCUT2D eigenvalue weighted by Crippen LogP contribution is 2.54. The maximum Gasteiger partial charge on any atom is 0.573 e. The Morgan fingerprint density at radius 1 is 1.03 bits per heavy atom. The van der Waals surface area contributed by atoms with Crippen molar-refractivity contribution in [2.24, 2.45) is 17.8 Å². The summed E-state index contributed by atoms with van der Waals surface area (Å²) in [6.07, 6.45) is -2.98. The van der Waals surface area contributed by atoms with E-state index in [4.69, 9.17) is 4.74 Å². The van der Waals surface area contributed by atoms with E-state index < -0.39 is 6.36 Å². The van der Waals surface area contributed by atoms with E-state index in [1.165, 1.54) is 25.3 Å². The van der Waals surface area contributed by atoms with Gasteiger partial charge in [-0.2, -0.15) is 0 Å². The van der Waals surface area contributed by atoms with Crippen LogP contribution in [0.1, 0.15) is 17.5 Å². The van der Waals surface area contributed by atoms with Gasteiger partial charge in [0.2, 0.25) is 0 Å². The van der Waals surface area contributed by atoms with Crippen LogP contribution in [0, 0.1) is 23.6 Å². The fraction of sp³-hybridized carbons (Fsp3) is 0.455. The van der Waals surface area contributed by atoms with Gasteiger partial charge in [0, 0.05) is 31.3 Å². The molecule has 2 aliphatic rings. The lowest BCUT2D eigenvalue weighted by atomic mass is 10.0. The Hall–Kier alpha value is -2.28. The Balaban J connectivity index is 1.25. The number of benzene rings is 2. The number of fused-ring (bicyclic) bond motifs is 1. The third-order valence-electron chi connectivity index (χ3n) is 6.00. The van der Waals surface area contributed by atoms with Gasteiger partial charge in [0.25, 0.3) is 0 Å². The van der Waals surface area contributed by atoms with E-state index in [9.17, 15) is 17.6 Å². The summed E-state index contributed by atoms with van der Waals surface area (Å²) in [4.78, 5) is 2.27. The Labute approximate surface area is 167 Å².